The molecule has 0 aromatic carbocycles. The molecule has 0 saturated carbocycles. The van der Waals surface area contributed by atoms with Crippen LogP contribution in [0.3, 0.4) is 0 Å². The first-order chi connectivity index (χ1) is 9.31. The van der Waals surface area contributed by atoms with E-state index in [0.29, 0.717) is 6.10 Å². The molecule has 0 amide bonds. The van der Waals surface area contributed by atoms with E-state index in [1.54, 1.807) is 0 Å². The van der Waals surface area contributed by atoms with Crippen molar-refractivity contribution in [3.8, 4) is 0 Å². The molecule has 0 aliphatic carbocycles. The fourth-order valence-corrected chi connectivity index (χ4v) is 2.53. The Hall–Kier alpha value is -0.840. The number of likely N-dealkylation sites (N-methyl/N-ethyl adjacent to an activating group) is 1. The van der Waals surface area contributed by atoms with Gasteiger partial charge in [0.2, 0.25) is 0 Å². The van der Waals surface area contributed by atoms with Crippen molar-refractivity contribution in [2.45, 2.75) is 39.5 Å². The molecule has 1 atom stereocenters. The molecule has 0 radical (unpaired) electrons. The number of aromatic nitrogens is 1. The molecule has 0 bridgehead atoms. The lowest BCUT2D eigenvalue weighted by Gasteiger charge is -2.32. The van der Waals surface area contributed by atoms with Crippen LogP contribution in [0.2, 0.25) is 0 Å². The molecule has 1 aromatic rings. The Morgan fingerprint density at radius 3 is 3.11 bits per heavy atom. The summed E-state index contributed by atoms with van der Waals surface area (Å²) in [6.45, 7) is 11.5. The lowest BCUT2D eigenvalue weighted by Crippen LogP contribution is -2.43. The minimum absolute atomic E-state index is 0.331. The average molecular weight is 265 g/mol. The number of ether oxygens (including phenoxy) is 1. The second-order valence-electron chi connectivity index (χ2n) is 5.28. The summed E-state index contributed by atoms with van der Waals surface area (Å²) in [5, 5.41) is 3.43. The summed E-state index contributed by atoms with van der Waals surface area (Å²) in [6.07, 6.45) is 5.91. The topological polar surface area (TPSA) is 29.4 Å². The maximum absolute atomic E-state index is 5.84. The standard InChI is InChI=1S/C15H27N3O/c1-3-6-16-10-14-5-7-18(11-14)13-15-12-17(4-2)8-9-19-15/h5,7,11,15-16H,3-4,6,8-10,12-13H2,1-2H3. The van der Waals surface area contributed by atoms with E-state index in [1.807, 2.05) is 0 Å². The van der Waals surface area contributed by atoms with Crippen molar-refractivity contribution in [2.75, 3.05) is 32.8 Å². The molecule has 4 heteroatoms. The van der Waals surface area contributed by atoms with Crippen LogP contribution in [0.15, 0.2) is 18.5 Å². The van der Waals surface area contributed by atoms with Gasteiger partial charge in [0.25, 0.3) is 0 Å². The number of rotatable bonds is 7. The SMILES string of the molecule is CCCNCc1ccn(CC2CN(CC)CCO2)c1. The number of morpholine rings is 1. The lowest BCUT2D eigenvalue weighted by atomic mass is 10.2. The highest BCUT2D eigenvalue weighted by Crippen LogP contribution is 2.09. The van der Waals surface area contributed by atoms with Crippen molar-refractivity contribution in [3.63, 3.8) is 0 Å². The Morgan fingerprint density at radius 1 is 1.42 bits per heavy atom. The minimum Gasteiger partial charge on any atom is -0.374 e. The molecule has 1 unspecified atom stereocenters. The van der Waals surface area contributed by atoms with Crippen LogP contribution in [0.25, 0.3) is 0 Å². The number of nitrogens with zero attached hydrogens (tertiary/aromatic N) is 2. The van der Waals surface area contributed by atoms with Gasteiger partial charge < -0.3 is 14.6 Å². The van der Waals surface area contributed by atoms with Crippen LogP contribution in [0, 0.1) is 0 Å². The molecule has 1 aromatic heterocycles. The largest absolute Gasteiger partial charge is 0.374 e. The van der Waals surface area contributed by atoms with Gasteiger partial charge in [-0.15, -0.1) is 0 Å². The smallest absolute Gasteiger partial charge is 0.0880 e. The molecule has 2 heterocycles. The van der Waals surface area contributed by atoms with E-state index in [9.17, 15) is 0 Å². The van der Waals surface area contributed by atoms with E-state index < -0.39 is 0 Å². The maximum Gasteiger partial charge on any atom is 0.0880 e. The molecule has 1 aliphatic heterocycles. The first-order valence-corrected chi connectivity index (χ1v) is 7.51. The van der Waals surface area contributed by atoms with Gasteiger partial charge in [0, 0.05) is 38.6 Å². The van der Waals surface area contributed by atoms with E-state index >= 15 is 0 Å². The van der Waals surface area contributed by atoms with Crippen LogP contribution in [0.5, 0.6) is 0 Å². The predicted molar refractivity (Wildman–Crippen MR) is 78.3 cm³/mol. The molecule has 1 aliphatic rings. The van der Waals surface area contributed by atoms with Gasteiger partial charge in [-0.2, -0.15) is 0 Å². The third-order valence-corrected chi connectivity index (χ3v) is 3.65. The van der Waals surface area contributed by atoms with Crippen molar-refractivity contribution in [2.24, 2.45) is 0 Å². The van der Waals surface area contributed by atoms with Crippen molar-refractivity contribution >= 4 is 0 Å². The van der Waals surface area contributed by atoms with E-state index in [0.717, 1.165) is 45.9 Å². The highest BCUT2D eigenvalue weighted by molar-refractivity contribution is 5.10. The molecule has 2 rings (SSSR count). The second-order valence-corrected chi connectivity index (χ2v) is 5.28. The quantitative estimate of drug-likeness (QED) is 0.761. The monoisotopic (exact) mass is 265 g/mol. The molecular weight excluding hydrogens is 238 g/mol. The number of nitrogens with one attached hydrogen (secondary N) is 1. The molecule has 1 N–H and O–H groups in total. The predicted octanol–water partition coefficient (Wildman–Crippen LogP) is 1.71. The fourth-order valence-electron chi connectivity index (χ4n) is 2.53. The van der Waals surface area contributed by atoms with Crippen molar-refractivity contribution in [1.82, 2.24) is 14.8 Å². The third-order valence-electron chi connectivity index (χ3n) is 3.65. The zero-order chi connectivity index (χ0) is 13.5. The van der Waals surface area contributed by atoms with Crippen LogP contribution in [0.1, 0.15) is 25.8 Å². The van der Waals surface area contributed by atoms with Crippen LogP contribution in [0.4, 0.5) is 0 Å². The van der Waals surface area contributed by atoms with Crippen molar-refractivity contribution in [3.05, 3.63) is 24.0 Å². The maximum atomic E-state index is 5.84. The van der Waals surface area contributed by atoms with E-state index in [2.05, 4.69) is 47.1 Å². The zero-order valence-electron chi connectivity index (χ0n) is 12.3. The summed E-state index contributed by atoms with van der Waals surface area (Å²) < 4.78 is 8.10. The Bertz CT molecular complexity index is 364. The first kappa shape index (κ1) is 14.6. The average Bonchev–Trinajstić information content (AvgIpc) is 2.87. The second kappa shape index (κ2) is 7.68. The molecule has 108 valence electrons. The Morgan fingerprint density at radius 2 is 2.32 bits per heavy atom. The Balaban J connectivity index is 1.78. The van der Waals surface area contributed by atoms with Gasteiger partial charge in [-0.25, -0.2) is 0 Å². The van der Waals surface area contributed by atoms with Gasteiger partial charge >= 0.3 is 0 Å². The first-order valence-electron chi connectivity index (χ1n) is 7.51. The Labute approximate surface area is 116 Å². The highest BCUT2D eigenvalue weighted by atomic mass is 16.5. The van der Waals surface area contributed by atoms with Crippen LogP contribution in [-0.4, -0.2) is 48.4 Å². The summed E-state index contributed by atoms with van der Waals surface area (Å²) in [4.78, 5) is 2.46. The van der Waals surface area contributed by atoms with Crippen LogP contribution >= 0.6 is 0 Å². The Kier molecular flexibility index (Phi) is 5.89. The summed E-state index contributed by atoms with van der Waals surface area (Å²) in [6, 6.07) is 2.20. The van der Waals surface area contributed by atoms with E-state index in [4.69, 9.17) is 4.74 Å². The van der Waals surface area contributed by atoms with Gasteiger partial charge in [-0.05, 0) is 31.1 Å². The summed E-state index contributed by atoms with van der Waals surface area (Å²) >= 11 is 0. The van der Waals surface area contributed by atoms with Gasteiger partial charge in [0.15, 0.2) is 0 Å². The number of hydrogen-bond donors (Lipinski definition) is 1. The minimum atomic E-state index is 0.331. The van der Waals surface area contributed by atoms with E-state index in [-0.39, 0.29) is 0 Å². The molecule has 4 nitrogen and oxygen atoms in total. The van der Waals surface area contributed by atoms with Gasteiger partial charge in [-0.3, -0.25) is 4.90 Å². The van der Waals surface area contributed by atoms with Gasteiger partial charge in [0.1, 0.15) is 0 Å². The van der Waals surface area contributed by atoms with Gasteiger partial charge in [-0.1, -0.05) is 13.8 Å². The zero-order valence-corrected chi connectivity index (χ0v) is 12.3. The van der Waals surface area contributed by atoms with Gasteiger partial charge in [0.05, 0.1) is 12.7 Å². The molecule has 1 saturated heterocycles. The summed E-state index contributed by atoms with van der Waals surface area (Å²) in [7, 11) is 0. The van der Waals surface area contributed by atoms with Crippen molar-refractivity contribution < 1.29 is 4.74 Å². The summed E-state index contributed by atoms with van der Waals surface area (Å²) in [5.41, 5.74) is 1.36. The van der Waals surface area contributed by atoms with Crippen molar-refractivity contribution in [1.29, 1.82) is 0 Å². The number of hydrogen-bond acceptors (Lipinski definition) is 3. The summed E-state index contributed by atoms with van der Waals surface area (Å²) in [5.74, 6) is 0. The van der Waals surface area contributed by atoms with Crippen LogP contribution in [-0.2, 0) is 17.8 Å². The molecule has 1 fully saturated rings. The molecular formula is C15H27N3O. The van der Waals surface area contributed by atoms with Crippen LogP contribution < -0.4 is 5.32 Å². The normalized spacial score (nSPS) is 20.8. The fraction of sp³-hybridized carbons (Fsp3) is 0.733. The third kappa shape index (κ3) is 4.64. The molecule has 19 heavy (non-hydrogen) atoms. The lowest BCUT2D eigenvalue weighted by molar-refractivity contribution is -0.0342. The van der Waals surface area contributed by atoms with E-state index in [1.165, 1.54) is 12.0 Å². The molecule has 0 spiro atoms. The highest BCUT2D eigenvalue weighted by Gasteiger charge is 2.19.